The molecule has 1 aliphatic rings. The second kappa shape index (κ2) is 8.53. The SMILES string of the molecule is Cn1cc(-c2cc3c(cn2)[nH]c2ncc(F)c(-c4ccc(C(=O)NC5(C)CCNCC5)cc4)c23)cn1. The van der Waals surface area contributed by atoms with E-state index in [1.54, 1.807) is 41.3 Å². The smallest absolute Gasteiger partial charge is 0.251 e. The minimum Gasteiger partial charge on any atom is -0.347 e. The number of fused-ring (bicyclic) bond motifs is 3. The quantitative estimate of drug-likeness (QED) is 0.356. The average Bonchev–Trinajstić information content (AvgIpc) is 3.47. The molecule has 0 bridgehead atoms. The first-order valence-electron chi connectivity index (χ1n) is 12.0. The molecule has 1 aromatic carbocycles. The third-order valence-electron chi connectivity index (χ3n) is 7.02. The number of pyridine rings is 2. The molecule has 0 unspecified atom stereocenters. The summed E-state index contributed by atoms with van der Waals surface area (Å²) in [5, 5.41) is 12.2. The molecule has 6 rings (SSSR count). The average molecular weight is 484 g/mol. The lowest BCUT2D eigenvalue weighted by molar-refractivity contribution is 0.0887. The number of nitrogens with zero attached hydrogens (tertiary/aromatic N) is 4. The minimum absolute atomic E-state index is 0.120. The molecule has 1 aliphatic heterocycles. The van der Waals surface area contributed by atoms with E-state index in [1.807, 2.05) is 19.3 Å². The van der Waals surface area contributed by atoms with Crippen molar-refractivity contribution in [3.63, 3.8) is 0 Å². The molecule has 5 aromatic rings. The molecule has 0 atom stereocenters. The van der Waals surface area contributed by atoms with E-state index in [-0.39, 0.29) is 11.4 Å². The number of H-pyrrole nitrogens is 1. The van der Waals surface area contributed by atoms with Crippen molar-refractivity contribution in [2.75, 3.05) is 13.1 Å². The second-order valence-corrected chi connectivity index (χ2v) is 9.69. The largest absolute Gasteiger partial charge is 0.347 e. The Morgan fingerprint density at radius 3 is 2.58 bits per heavy atom. The van der Waals surface area contributed by atoms with Crippen molar-refractivity contribution in [3.8, 4) is 22.4 Å². The van der Waals surface area contributed by atoms with Gasteiger partial charge in [-0.3, -0.25) is 14.5 Å². The van der Waals surface area contributed by atoms with Crippen LogP contribution in [0.3, 0.4) is 0 Å². The maximum Gasteiger partial charge on any atom is 0.251 e. The first kappa shape index (κ1) is 22.4. The van der Waals surface area contributed by atoms with Gasteiger partial charge < -0.3 is 15.6 Å². The van der Waals surface area contributed by atoms with E-state index < -0.39 is 5.82 Å². The summed E-state index contributed by atoms with van der Waals surface area (Å²) in [5.41, 5.74) is 4.38. The molecule has 0 spiro atoms. The third-order valence-corrected chi connectivity index (χ3v) is 7.02. The Hall–Kier alpha value is -4.11. The van der Waals surface area contributed by atoms with E-state index >= 15 is 4.39 Å². The lowest BCUT2D eigenvalue weighted by Gasteiger charge is -2.35. The van der Waals surface area contributed by atoms with Crippen molar-refractivity contribution in [2.45, 2.75) is 25.3 Å². The highest BCUT2D eigenvalue weighted by Crippen LogP contribution is 2.36. The number of carbonyl (C=O) groups excluding carboxylic acids is 1. The highest BCUT2D eigenvalue weighted by Gasteiger charge is 2.28. The van der Waals surface area contributed by atoms with E-state index in [9.17, 15) is 4.79 Å². The molecule has 5 heterocycles. The van der Waals surface area contributed by atoms with Gasteiger partial charge in [0.1, 0.15) is 11.5 Å². The van der Waals surface area contributed by atoms with Crippen LogP contribution in [0.1, 0.15) is 30.1 Å². The highest BCUT2D eigenvalue weighted by molar-refractivity contribution is 6.13. The number of nitrogens with one attached hydrogen (secondary N) is 3. The summed E-state index contributed by atoms with van der Waals surface area (Å²) in [5.74, 6) is -0.548. The number of carbonyl (C=O) groups is 1. The van der Waals surface area contributed by atoms with Gasteiger partial charge in [0.05, 0.1) is 29.8 Å². The van der Waals surface area contributed by atoms with Crippen LogP contribution >= 0.6 is 0 Å². The summed E-state index contributed by atoms with van der Waals surface area (Å²) >= 11 is 0. The zero-order valence-electron chi connectivity index (χ0n) is 20.1. The van der Waals surface area contributed by atoms with Gasteiger partial charge in [-0.1, -0.05) is 12.1 Å². The third kappa shape index (κ3) is 3.91. The van der Waals surface area contributed by atoms with Crippen LogP contribution in [0.2, 0.25) is 0 Å². The molecule has 0 saturated carbocycles. The van der Waals surface area contributed by atoms with Crippen molar-refractivity contribution < 1.29 is 9.18 Å². The van der Waals surface area contributed by atoms with Gasteiger partial charge in [-0.15, -0.1) is 0 Å². The molecule has 182 valence electrons. The Morgan fingerprint density at radius 1 is 1.08 bits per heavy atom. The van der Waals surface area contributed by atoms with Crippen molar-refractivity contribution in [1.29, 1.82) is 0 Å². The van der Waals surface area contributed by atoms with E-state index in [0.717, 1.165) is 48.1 Å². The van der Waals surface area contributed by atoms with Crippen LogP contribution in [0.4, 0.5) is 4.39 Å². The number of amides is 1. The fraction of sp³-hybridized carbons (Fsp3) is 0.259. The van der Waals surface area contributed by atoms with Crippen LogP contribution in [0.25, 0.3) is 44.3 Å². The molecule has 36 heavy (non-hydrogen) atoms. The maximum atomic E-state index is 15.3. The molecule has 0 radical (unpaired) electrons. The Kier molecular flexibility index (Phi) is 5.30. The van der Waals surface area contributed by atoms with Gasteiger partial charge in [-0.25, -0.2) is 9.37 Å². The van der Waals surface area contributed by atoms with Crippen LogP contribution in [0.15, 0.2) is 55.1 Å². The van der Waals surface area contributed by atoms with Gasteiger partial charge in [0.2, 0.25) is 0 Å². The summed E-state index contributed by atoms with van der Waals surface area (Å²) in [7, 11) is 1.85. The lowest BCUT2D eigenvalue weighted by Crippen LogP contribution is -2.52. The molecule has 0 aliphatic carbocycles. The number of aryl methyl sites for hydroxylation is 1. The van der Waals surface area contributed by atoms with Gasteiger partial charge in [0.15, 0.2) is 0 Å². The fourth-order valence-corrected chi connectivity index (χ4v) is 4.97. The van der Waals surface area contributed by atoms with Crippen LogP contribution in [0.5, 0.6) is 0 Å². The van der Waals surface area contributed by atoms with Gasteiger partial charge in [0, 0.05) is 46.2 Å². The Morgan fingerprint density at radius 2 is 1.86 bits per heavy atom. The van der Waals surface area contributed by atoms with Gasteiger partial charge in [0.25, 0.3) is 5.91 Å². The van der Waals surface area contributed by atoms with Crippen molar-refractivity contribution in [1.82, 2.24) is 35.4 Å². The molecular weight excluding hydrogens is 457 g/mol. The number of rotatable bonds is 4. The normalized spacial score (nSPS) is 15.4. The highest BCUT2D eigenvalue weighted by atomic mass is 19.1. The van der Waals surface area contributed by atoms with E-state index in [0.29, 0.717) is 27.7 Å². The number of aromatic nitrogens is 5. The second-order valence-electron chi connectivity index (χ2n) is 9.69. The Bertz CT molecular complexity index is 1600. The van der Waals surface area contributed by atoms with E-state index in [4.69, 9.17) is 0 Å². The summed E-state index contributed by atoms with van der Waals surface area (Å²) in [6.07, 6.45) is 8.35. The van der Waals surface area contributed by atoms with Gasteiger partial charge in [-0.2, -0.15) is 5.10 Å². The number of hydrogen-bond donors (Lipinski definition) is 3. The molecule has 1 amide bonds. The predicted octanol–water partition coefficient (Wildman–Crippen LogP) is 4.19. The standard InChI is InChI=1S/C27H26FN7O/c1-27(7-9-29-10-8-27)34-26(36)17-5-3-16(4-6-17)23-20(28)13-31-25-24(23)19-11-21(30-14-22(19)33-25)18-12-32-35(2)15-18/h3-6,11-15,29H,7-10H2,1-2H3,(H,31,33)(H,34,36). The molecule has 1 saturated heterocycles. The monoisotopic (exact) mass is 483 g/mol. The van der Waals surface area contributed by atoms with E-state index in [2.05, 4.69) is 37.6 Å². The molecular formula is C27H26FN7O. The summed E-state index contributed by atoms with van der Waals surface area (Å²) < 4.78 is 17.0. The molecule has 1 fully saturated rings. The Labute approximate surface area is 207 Å². The number of benzene rings is 1. The number of piperidine rings is 1. The van der Waals surface area contributed by atoms with Gasteiger partial charge in [-0.05, 0) is 56.6 Å². The molecule has 9 heteroatoms. The first-order chi connectivity index (χ1) is 17.4. The lowest BCUT2D eigenvalue weighted by atomic mass is 9.90. The van der Waals surface area contributed by atoms with Crippen LogP contribution in [0, 0.1) is 5.82 Å². The maximum absolute atomic E-state index is 15.3. The first-order valence-corrected chi connectivity index (χ1v) is 12.0. The van der Waals surface area contributed by atoms with Gasteiger partial charge >= 0.3 is 0 Å². The fourth-order valence-electron chi connectivity index (χ4n) is 4.97. The number of hydrogen-bond acceptors (Lipinski definition) is 5. The summed E-state index contributed by atoms with van der Waals surface area (Å²) in [6, 6.07) is 9.01. The summed E-state index contributed by atoms with van der Waals surface area (Å²) in [4.78, 5) is 25.0. The molecule has 8 nitrogen and oxygen atoms in total. The number of halogens is 1. The van der Waals surface area contributed by atoms with Crippen molar-refractivity contribution in [2.24, 2.45) is 7.05 Å². The van der Waals surface area contributed by atoms with E-state index in [1.165, 1.54) is 6.20 Å². The van der Waals surface area contributed by atoms with Crippen LogP contribution in [-0.4, -0.2) is 49.3 Å². The number of aromatic amines is 1. The van der Waals surface area contributed by atoms with Crippen LogP contribution < -0.4 is 10.6 Å². The molecule has 4 aromatic heterocycles. The zero-order valence-corrected chi connectivity index (χ0v) is 20.1. The van der Waals surface area contributed by atoms with Crippen molar-refractivity contribution >= 4 is 27.8 Å². The predicted molar refractivity (Wildman–Crippen MR) is 137 cm³/mol. The molecule has 3 N–H and O–H groups in total. The topological polar surface area (TPSA) is 101 Å². The zero-order chi connectivity index (χ0) is 24.9. The minimum atomic E-state index is -0.428. The Balaban J connectivity index is 1.40. The summed E-state index contributed by atoms with van der Waals surface area (Å²) in [6.45, 7) is 3.85. The van der Waals surface area contributed by atoms with Crippen molar-refractivity contribution in [3.05, 3.63) is 66.5 Å². The van der Waals surface area contributed by atoms with Crippen LogP contribution in [-0.2, 0) is 7.05 Å².